The monoisotopic (exact) mass is 782 g/mol. The van der Waals surface area contributed by atoms with Crippen molar-refractivity contribution >= 4 is 31.9 Å². The number of nitrogens with zero attached hydrogens (tertiary/aromatic N) is 2. The molecule has 4 aromatic carbocycles. The zero-order valence-electron chi connectivity index (χ0n) is 28.1. The molecule has 0 amide bonds. The summed E-state index contributed by atoms with van der Waals surface area (Å²) < 4.78 is 0.0851. The quantitative estimate of drug-likeness (QED) is 0.0269. The summed E-state index contributed by atoms with van der Waals surface area (Å²) in [6, 6.07) is 39.6. The number of hydrogen-bond donors (Lipinski definition) is 4. The molecule has 6 atom stereocenters. The van der Waals surface area contributed by atoms with Crippen molar-refractivity contribution in [2.45, 2.75) is 86.2 Å². The average Bonchev–Trinajstić information content (AvgIpc) is 3.10. The molecule has 0 aliphatic carbocycles. The minimum atomic E-state index is -0.833. The van der Waals surface area contributed by atoms with Crippen LogP contribution in [-0.4, -0.2) is 78.3 Å². The molecular formula is C40H52Br2N2O4+2. The van der Waals surface area contributed by atoms with E-state index < -0.39 is 24.9 Å². The van der Waals surface area contributed by atoms with E-state index in [0.29, 0.717) is 25.7 Å². The van der Waals surface area contributed by atoms with E-state index in [1.807, 2.05) is 135 Å². The van der Waals surface area contributed by atoms with Crippen LogP contribution in [0.5, 0.6) is 0 Å². The molecule has 0 bridgehead atoms. The Bertz CT molecular complexity index is 1260. The highest BCUT2D eigenvalue weighted by molar-refractivity contribution is 9.09. The van der Waals surface area contributed by atoms with Gasteiger partial charge in [0, 0.05) is 12.8 Å². The summed E-state index contributed by atoms with van der Waals surface area (Å²) in [5.74, 6) is 0. The Labute approximate surface area is 303 Å². The number of halogens is 2. The normalized spacial score (nSPS) is 18.1. The lowest BCUT2D eigenvalue weighted by Crippen LogP contribution is -2.64. The number of rotatable bonds is 19. The standard InChI is InChI=1S/C40H52Br2N2O4/c1-43(37(45)27-31-17-7-3-8-18-31,38(46)28-32-19-9-4-10-20-32)35(41)25-15-16-26-36(42)44(2,39(47)29-33-21-11-5-12-22-33)40(48)30-34-23-13-6-14-24-34/h3-14,17-24,35-40,45-48H,15-16,25-30H2,1-2H3/q+2. The first kappa shape index (κ1) is 38.4. The third kappa shape index (κ3) is 10.1. The van der Waals surface area contributed by atoms with Crippen LogP contribution >= 0.6 is 31.9 Å². The molecule has 0 aliphatic rings. The van der Waals surface area contributed by atoms with Crippen LogP contribution in [0.25, 0.3) is 0 Å². The molecule has 48 heavy (non-hydrogen) atoms. The Morgan fingerprint density at radius 1 is 0.417 bits per heavy atom. The van der Waals surface area contributed by atoms with Crippen molar-refractivity contribution in [3.8, 4) is 0 Å². The molecule has 4 N–H and O–H groups in total. The van der Waals surface area contributed by atoms with E-state index in [-0.39, 0.29) is 18.9 Å². The molecule has 0 saturated carbocycles. The molecule has 8 heteroatoms. The highest BCUT2D eigenvalue weighted by atomic mass is 79.9. The zero-order valence-corrected chi connectivity index (χ0v) is 31.3. The second kappa shape index (κ2) is 18.6. The van der Waals surface area contributed by atoms with Crippen molar-refractivity contribution < 1.29 is 29.4 Å². The van der Waals surface area contributed by atoms with Gasteiger partial charge in [0.25, 0.3) is 0 Å². The molecular weight excluding hydrogens is 732 g/mol. The highest BCUT2D eigenvalue weighted by Crippen LogP contribution is 2.34. The first-order chi connectivity index (χ1) is 23.0. The van der Waals surface area contributed by atoms with E-state index in [2.05, 4.69) is 31.9 Å². The fraction of sp³-hybridized carbons (Fsp3) is 0.400. The van der Waals surface area contributed by atoms with Gasteiger partial charge in [-0.2, -0.15) is 0 Å². The predicted octanol–water partition coefficient (Wildman–Crippen LogP) is 7.13. The maximum absolute atomic E-state index is 11.7. The summed E-state index contributed by atoms with van der Waals surface area (Å²) in [5, 5.41) is 46.7. The number of likely N-dealkylation sites (N-methyl/N-ethyl adjacent to an activating group) is 2. The SMILES string of the molecule is C[N+](C(O)Cc1ccccc1)(C(O)Cc1ccccc1)C(Br)CCCCC(Br)[N+](C)(C(O)Cc1ccccc1)C(O)Cc1ccccc1. The summed E-state index contributed by atoms with van der Waals surface area (Å²) in [6.07, 6.45) is 1.44. The maximum atomic E-state index is 11.7. The van der Waals surface area contributed by atoms with Crippen molar-refractivity contribution in [1.82, 2.24) is 0 Å². The smallest absolute Gasteiger partial charge is 0.197 e. The van der Waals surface area contributed by atoms with Crippen molar-refractivity contribution in [3.05, 3.63) is 144 Å². The maximum Gasteiger partial charge on any atom is 0.197 e. The number of aliphatic hydroxyl groups excluding tert-OH is 4. The second-order valence-electron chi connectivity index (χ2n) is 13.3. The molecule has 4 rings (SSSR count). The first-order valence-corrected chi connectivity index (χ1v) is 18.8. The summed E-state index contributed by atoms with van der Waals surface area (Å²) >= 11 is 7.82. The molecule has 4 aromatic rings. The van der Waals surface area contributed by atoms with Gasteiger partial charge in [-0.15, -0.1) is 0 Å². The van der Waals surface area contributed by atoms with Crippen molar-refractivity contribution in [3.63, 3.8) is 0 Å². The van der Waals surface area contributed by atoms with Crippen LogP contribution in [0, 0.1) is 0 Å². The molecule has 258 valence electrons. The zero-order chi connectivity index (χ0) is 34.6. The van der Waals surface area contributed by atoms with Crippen LogP contribution in [0.4, 0.5) is 0 Å². The molecule has 0 aliphatic heterocycles. The molecule has 0 aromatic heterocycles. The van der Waals surface area contributed by atoms with Gasteiger partial charge in [0.15, 0.2) is 24.9 Å². The van der Waals surface area contributed by atoms with Gasteiger partial charge < -0.3 is 20.4 Å². The predicted molar refractivity (Wildman–Crippen MR) is 201 cm³/mol. The molecule has 0 radical (unpaired) electrons. The number of quaternary nitrogens is 2. The summed E-state index contributed by atoms with van der Waals surface area (Å²) in [5.41, 5.74) is 4.07. The topological polar surface area (TPSA) is 80.9 Å². The molecule has 0 fully saturated rings. The molecule has 0 spiro atoms. The van der Waals surface area contributed by atoms with E-state index in [1.54, 1.807) is 0 Å². The Kier molecular flexibility index (Phi) is 14.8. The van der Waals surface area contributed by atoms with Gasteiger partial charge in [-0.1, -0.05) is 121 Å². The third-order valence-electron chi connectivity index (χ3n) is 9.96. The third-order valence-corrected chi connectivity index (χ3v) is 12.6. The second-order valence-corrected chi connectivity index (χ2v) is 15.4. The summed E-state index contributed by atoms with van der Waals surface area (Å²) in [4.78, 5) is -0.422. The van der Waals surface area contributed by atoms with E-state index in [1.165, 1.54) is 0 Å². The van der Waals surface area contributed by atoms with Gasteiger partial charge in [0.05, 0.1) is 39.8 Å². The van der Waals surface area contributed by atoms with E-state index >= 15 is 0 Å². The molecule has 0 saturated heterocycles. The van der Waals surface area contributed by atoms with Gasteiger partial charge >= 0.3 is 0 Å². The van der Waals surface area contributed by atoms with Crippen LogP contribution in [-0.2, 0) is 25.7 Å². The summed E-state index contributed by atoms with van der Waals surface area (Å²) in [7, 11) is 3.86. The van der Waals surface area contributed by atoms with Crippen molar-refractivity contribution in [1.29, 1.82) is 0 Å². The lowest BCUT2D eigenvalue weighted by atomic mass is 10.0. The Morgan fingerprint density at radius 3 is 0.833 bits per heavy atom. The number of hydrogen-bond acceptors (Lipinski definition) is 4. The van der Waals surface area contributed by atoms with E-state index in [0.717, 1.165) is 47.9 Å². The van der Waals surface area contributed by atoms with Gasteiger partial charge in [-0.05, 0) is 67.0 Å². The van der Waals surface area contributed by atoms with Crippen LogP contribution in [0.3, 0.4) is 0 Å². The minimum Gasteiger partial charge on any atom is -0.344 e. The van der Waals surface area contributed by atoms with Crippen LogP contribution in [0.1, 0.15) is 47.9 Å². The molecule has 0 heterocycles. The Hall–Kier alpha value is -2.40. The Morgan fingerprint density at radius 2 is 0.625 bits per heavy atom. The van der Waals surface area contributed by atoms with E-state index in [9.17, 15) is 20.4 Å². The minimum absolute atomic E-state index is 0.0425. The molecule has 6 unspecified atom stereocenters. The summed E-state index contributed by atoms with van der Waals surface area (Å²) in [6.45, 7) is 0. The highest BCUT2D eigenvalue weighted by Gasteiger charge is 2.45. The van der Waals surface area contributed by atoms with Crippen molar-refractivity contribution in [2.24, 2.45) is 0 Å². The fourth-order valence-corrected chi connectivity index (χ4v) is 8.15. The largest absolute Gasteiger partial charge is 0.344 e. The number of benzene rings is 4. The van der Waals surface area contributed by atoms with Crippen molar-refractivity contribution in [2.75, 3.05) is 14.1 Å². The van der Waals surface area contributed by atoms with Crippen LogP contribution in [0.2, 0.25) is 0 Å². The van der Waals surface area contributed by atoms with Gasteiger partial charge in [-0.3, -0.25) is 8.97 Å². The fourth-order valence-electron chi connectivity index (χ4n) is 6.41. The first-order valence-electron chi connectivity index (χ1n) is 16.9. The average molecular weight is 785 g/mol. The lowest BCUT2D eigenvalue weighted by Gasteiger charge is -2.46. The van der Waals surface area contributed by atoms with Gasteiger partial charge in [0.1, 0.15) is 9.90 Å². The van der Waals surface area contributed by atoms with Crippen LogP contribution < -0.4 is 0 Å². The van der Waals surface area contributed by atoms with Gasteiger partial charge in [-0.25, -0.2) is 0 Å². The number of alkyl halides is 2. The lowest BCUT2D eigenvalue weighted by molar-refractivity contribution is -1.00. The Balaban J connectivity index is 1.45. The van der Waals surface area contributed by atoms with Crippen LogP contribution in [0.15, 0.2) is 121 Å². The number of aliphatic hydroxyl groups is 4. The number of unbranched alkanes of at least 4 members (excludes halogenated alkanes) is 1. The van der Waals surface area contributed by atoms with E-state index in [4.69, 9.17) is 0 Å². The van der Waals surface area contributed by atoms with Gasteiger partial charge in [0.2, 0.25) is 0 Å². The molecule has 6 nitrogen and oxygen atoms in total.